The van der Waals surface area contributed by atoms with E-state index in [1.165, 1.54) is 11.1 Å². The van der Waals surface area contributed by atoms with Crippen molar-refractivity contribution in [2.24, 2.45) is 0 Å². The second kappa shape index (κ2) is 10.8. The van der Waals surface area contributed by atoms with Gasteiger partial charge in [0.1, 0.15) is 5.75 Å². The summed E-state index contributed by atoms with van der Waals surface area (Å²) in [4.78, 5) is 2.15. The molecule has 0 heterocycles. The van der Waals surface area contributed by atoms with E-state index in [0.29, 0.717) is 0 Å². The number of nitrogens with zero attached hydrogens (tertiary/aromatic N) is 1. The van der Waals surface area contributed by atoms with Crippen molar-refractivity contribution in [3.63, 3.8) is 0 Å². The van der Waals surface area contributed by atoms with Crippen LogP contribution in [0.15, 0.2) is 54.6 Å². The van der Waals surface area contributed by atoms with Crippen LogP contribution < -0.4 is 4.74 Å². The average molecular weight is 327 g/mol. The Hall–Kier alpha value is -1.84. The van der Waals surface area contributed by atoms with Crippen LogP contribution in [0.5, 0.6) is 5.75 Å². The first-order valence-electron chi connectivity index (χ1n) is 8.83. The summed E-state index contributed by atoms with van der Waals surface area (Å²) < 4.78 is 6.00. The van der Waals surface area contributed by atoms with Crippen LogP contribution in [0.3, 0.4) is 0 Å². The lowest BCUT2D eigenvalue weighted by Gasteiger charge is -2.15. The molecule has 0 saturated heterocycles. The Bertz CT molecular complexity index is 571. The quantitative estimate of drug-likeness (QED) is 0.641. The van der Waals surface area contributed by atoms with E-state index >= 15 is 0 Å². The first-order chi connectivity index (χ1) is 11.8. The summed E-state index contributed by atoms with van der Waals surface area (Å²) in [6, 6.07) is 18.9. The fourth-order valence-corrected chi connectivity index (χ4v) is 2.72. The van der Waals surface area contributed by atoms with Gasteiger partial charge in [-0.3, -0.25) is 0 Å². The van der Waals surface area contributed by atoms with Gasteiger partial charge in [0, 0.05) is 6.54 Å². The van der Waals surface area contributed by atoms with Crippen LogP contribution in [-0.2, 0) is 12.8 Å². The molecule has 130 valence electrons. The molecule has 0 aliphatic carbocycles. The number of unbranched alkanes of at least 4 members (excludes halogenated alkanes) is 1. The number of hydrogen-bond acceptors (Lipinski definition) is 3. The number of likely N-dealkylation sites (N-methyl/N-ethyl adjacent to an activating group) is 1. The smallest absolute Gasteiger partial charge is 0.122 e. The third-order valence-corrected chi connectivity index (χ3v) is 4.17. The van der Waals surface area contributed by atoms with Gasteiger partial charge in [-0.25, -0.2) is 0 Å². The highest BCUT2D eigenvalue weighted by Crippen LogP contribution is 2.20. The van der Waals surface area contributed by atoms with Crippen molar-refractivity contribution in [1.29, 1.82) is 0 Å². The van der Waals surface area contributed by atoms with Crippen LogP contribution in [-0.4, -0.2) is 43.4 Å². The molecule has 0 bridgehead atoms. The van der Waals surface area contributed by atoms with Crippen LogP contribution in [0, 0.1) is 0 Å². The molecule has 0 aliphatic heterocycles. The Labute approximate surface area is 145 Å². The monoisotopic (exact) mass is 327 g/mol. The predicted octanol–water partition coefficient (Wildman–Crippen LogP) is 3.55. The molecule has 2 aromatic carbocycles. The van der Waals surface area contributed by atoms with E-state index in [4.69, 9.17) is 9.84 Å². The average Bonchev–Trinajstić information content (AvgIpc) is 2.61. The summed E-state index contributed by atoms with van der Waals surface area (Å²) >= 11 is 0. The highest BCUT2D eigenvalue weighted by Gasteiger charge is 2.04. The molecular formula is C21H29NO2. The van der Waals surface area contributed by atoms with Gasteiger partial charge in [-0.2, -0.15) is 0 Å². The number of rotatable bonds is 11. The van der Waals surface area contributed by atoms with E-state index in [-0.39, 0.29) is 6.61 Å². The zero-order chi connectivity index (χ0) is 17.0. The second-order valence-corrected chi connectivity index (χ2v) is 6.18. The van der Waals surface area contributed by atoms with Gasteiger partial charge in [0.2, 0.25) is 0 Å². The largest absolute Gasteiger partial charge is 0.493 e. The maximum absolute atomic E-state index is 8.89. The summed E-state index contributed by atoms with van der Waals surface area (Å²) in [5.41, 5.74) is 2.64. The molecular weight excluding hydrogens is 298 g/mol. The standard InChI is InChI=1S/C21H29NO2/c1-22(16-17-23)15-7-8-18-24-21-12-6-5-11-20(21)14-13-19-9-3-2-4-10-19/h2-6,9-12,23H,7-8,13-18H2,1H3. The minimum Gasteiger partial charge on any atom is -0.493 e. The molecule has 0 spiro atoms. The maximum atomic E-state index is 8.89. The topological polar surface area (TPSA) is 32.7 Å². The van der Waals surface area contributed by atoms with Gasteiger partial charge >= 0.3 is 0 Å². The van der Waals surface area contributed by atoms with Gasteiger partial charge in [-0.1, -0.05) is 48.5 Å². The Morgan fingerprint density at radius 3 is 2.42 bits per heavy atom. The first kappa shape index (κ1) is 18.5. The second-order valence-electron chi connectivity index (χ2n) is 6.18. The molecule has 0 unspecified atom stereocenters. The van der Waals surface area contributed by atoms with Gasteiger partial charge in [0.05, 0.1) is 13.2 Å². The Morgan fingerprint density at radius 1 is 0.875 bits per heavy atom. The van der Waals surface area contributed by atoms with Crippen molar-refractivity contribution in [2.75, 3.05) is 33.4 Å². The predicted molar refractivity (Wildman–Crippen MR) is 99.6 cm³/mol. The molecule has 3 nitrogen and oxygen atoms in total. The third kappa shape index (κ3) is 6.73. The zero-order valence-electron chi connectivity index (χ0n) is 14.7. The van der Waals surface area contributed by atoms with E-state index < -0.39 is 0 Å². The van der Waals surface area contributed by atoms with Crippen LogP contribution in [0.4, 0.5) is 0 Å². The van der Waals surface area contributed by atoms with Crippen molar-refractivity contribution >= 4 is 0 Å². The van der Waals surface area contributed by atoms with Crippen LogP contribution in [0.25, 0.3) is 0 Å². The minimum absolute atomic E-state index is 0.224. The first-order valence-corrected chi connectivity index (χ1v) is 8.83. The normalized spacial score (nSPS) is 11.0. The Kier molecular flexibility index (Phi) is 8.36. The van der Waals surface area contributed by atoms with Crippen LogP contribution >= 0.6 is 0 Å². The van der Waals surface area contributed by atoms with E-state index in [1.807, 2.05) is 13.1 Å². The summed E-state index contributed by atoms with van der Waals surface area (Å²) in [5, 5.41) is 8.89. The number of aliphatic hydroxyl groups excluding tert-OH is 1. The van der Waals surface area contributed by atoms with Gasteiger partial charge in [0.15, 0.2) is 0 Å². The van der Waals surface area contributed by atoms with E-state index in [2.05, 4.69) is 53.4 Å². The molecule has 2 rings (SSSR count). The van der Waals surface area contributed by atoms with Crippen molar-refractivity contribution in [3.8, 4) is 5.75 Å². The molecule has 24 heavy (non-hydrogen) atoms. The van der Waals surface area contributed by atoms with E-state index in [1.54, 1.807) is 0 Å². The van der Waals surface area contributed by atoms with Crippen molar-refractivity contribution < 1.29 is 9.84 Å². The molecule has 1 N–H and O–H groups in total. The number of para-hydroxylation sites is 1. The molecule has 0 saturated carbocycles. The third-order valence-electron chi connectivity index (χ3n) is 4.17. The Morgan fingerprint density at radius 2 is 1.62 bits per heavy atom. The van der Waals surface area contributed by atoms with Crippen molar-refractivity contribution in [3.05, 3.63) is 65.7 Å². The van der Waals surface area contributed by atoms with Crippen LogP contribution in [0.1, 0.15) is 24.0 Å². The minimum atomic E-state index is 0.224. The number of ether oxygens (including phenoxy) is 1. The molecule has 3 heteroatoms. The molecule has 0 aliphatic rings. The molecule has 0 radical (unpaired) electrons. The SMILES string of the molecule is CN(CCO)CCCCOc1ccccc1CCc1ccccc1. The molecule has 0 amide bonds. The summed E-state index contributed by atoms with van der Waals surface area (Å²) in [5.74, 6) is 1.01. The summed E-state index contributed by atoms with van der Waals surface area (Å²) in [6.07, 6.45) is 4.15. The molecule has 0 atom stereocenters. The molecule has 0 fully saturated rings. The van der Waals surface area contributed by atoms with Gasteiger partial charge < -0.3 is 14.7 Å². The number of aryl methyl sites for hydroxylation is 2. The molecule has 2 aromatic rings. The fraction of sp³-hybridized carbons (Fsp3) is 0.429. The lowest BCUT2D eigenvalue weighted by molar-refractivity contribution is 0.214. The highest BCUT2D eigenvalue weighted by molar-refractivity contribution is 5.34. The maximum Gasteiger partial charge on any atom is 0.122 e. The van der Waals surface area contributed by atoms with Gasteiger partial charge in [-0.05, 0) is 56.5 Å². The van der Waals surface area contributed by atoms with Gasteiger partial charge in [0.25, 0.3) is 0 Å². The lowest BCUT2D eigenvalue weighted by atomic mass is 10.0. The number of benzene rings is 2. The highest BCUT2D eigenvalue weighted by atomic mass is 16.5. The van der Waals surface area contributed by atoms with Gasteiger partial charge in [-0.15, -0.1) is 0 Å². The number of aliphatic hydroxyl groups is 1. The van der Waals surface area contributed by atoms with Crippen molar-refractivity contribution in [2.45, 2.75) is 25.7 Å². The number of hydrogen-bond donors (Lipinski definition) is 1. The lowest BCUT2D eigenvalue weighted by Crippen LogP contribution is -2.23. The van der Waals surface area contributed by atoms with Crippen LogP contribution in [0.2, 0.25) is 0 Å². The summed E-state index contributed by atoms with van der Waals surface area (Å²) in [7, 11) is 2.04. The van der Waals surface area contributed by atoms with Crippen molar-refractivity contribution in [1.82, 2.24) is 4.90 Å². The Balaban J connectivity index is 1.75. The summed E-state index contributed by atoms with van der Waals surface area (Å²) in [6.45, 7) is 2.71. The fourth-order valence-electron chi connectivity index (χ4n) is 2.72. The van der Waals surface area contributed by atoms with E-state index in [0.717, 1.165) is 51.1 Å². The van der Waals surface area contributed by atoms with E-state index in [9.17, 15) is 0 Å². The zero-order valence-corrected chi connectivity index (χ0v) is 14.7. The molecule has 0 aromatic heterocycles.